The van der Waals surface area contributed by atoms with E-state index < -0.39 is 34.8 Å². The summed E-state index contributed by atoms with van der Waals surface area (Å²) in [5, 5.41) is 16.1. The summed E-state index contributed by atoms with van der Waals surface area (Å²) >= 11 is 0. The summed E-state index contributed by atoms with van der Waals surface area (Å²) in [6.45, 7) is 11.0. The fourth-order valence-electron chi connectivity index (χ4n) is 3.35. The highest BCUT2D eigenvalue weighted by Crippen LogP contribution is 2.46. The molecule has 31 heavy (non-hydrogen) atoms. The van der Waals surface area contributed by atoms with Crippen LogP contribution < -0.4 is 15.4 Å². The van der Waals surface area contributed by atoms with Gasteiger partial charge in [-0.25, -0.2) is 0 Å². The maximum atomic E-state index is 13.7. The number of rotatable bonds is 3. The Bertz CT molecular complexity index is 960. The first-order valence-electron chi connectivity index (χ1n) is 10.2. The smallest absolute Gasteiger partial charge is 0.267 e. The summed E-state index contributed by atoms with van der Waals surface area (Å²) in [6.07, 6.45) is -1.17. The summed E-state index contributed by atoms with van der Waals surface area (Å²) in [5.74, 6) is -0.959. The van der Waals surface area contributed by atoms with E-state index in [-0.39, 0.29) is 5.75 Å². The number of amides is 2. The minimum absolute atomic E-state index is 0.0618. The van der Waals surface area contributed by atoms with E-state index in [0.29, 0.717) is 16.9 Å². The second-order valence-electron chi connectivity index (χ2n) is 9.71. The molecule has 166 valence electrons. The van der Waals surface area contributed by atoms with Gasteiger partial charge in [0, 0.05) is 16.6 Å². The predicted octanol–water partition coefficient (Wildman–Crippen LogP) is 3.52. The lowest BCUT2D eigenvalue weighted by Crippen LogP contribution is -2.63. The molecule has 0 aromatic heterocycles. The number of hydrogen-bond donors (Lipinski definition) is 3. The molecule has 1 atom stereocenters. The molecule has 7 nitrogen and oxygen atoms in total. The van der Waals surface area contributed by atoms with E-state index in [2.05, 4.69) is 10.6 Å². The molecular weight excluding hydrogens is 396 g/mol. The van der Waals surface area contributed by atoms with Crippen LogP contribution in [0.2, 0.25) is 0 Å². The van der Waals surface area contributed by atoms with Crippen LogP contribution in [0.3, 0.4) is 0 Å². The van der Waals surface area contributed by atoms with Crippen molar-refractivity contribution in [3.63, 3.8) is 0 Å². The highest BCUT2D eigenvalue weighted by molar-refractivity contribution is 6.10. The molecule has 0 fully saturated rings. The first-order chi connectivity index (χ1) is 14.3. The van der Waals surface area contributed by atoms with Gasteiger partial charge in [0.25, 0.3) is 17.4 Å². The highest BCUT2D eigenvalue weighted by Gasteiger charge is 2.56. The average molecular weight is 427 g/mol. The van der Waals surface area contributed by atoms with Crippen LogP contribution in [0.15, 0.2) is 48.5 Å². The standard InChI is InChI=1S/C24H30N2O5/c1-22(2,3)25-20(28)24(21(29)26-23(4,5)6)16-12-8-10-14-18(16)30-19(31-24)15-11-7-9-13-17(15)27/h7-14,19,27H,1-6H3,(H,25,28)(H,26,29). The number of carbonyl (C=O) groups is 2. The fraction of sp³-hybridized carbons (Fsp3) is 0.417. The summed E-state index contributed by atoms with van der Waals surface area (Å²) < 4.78 is 12.1. The Hall–Kier alpha value is -3.06. The van der Waals surface area contributed by atoms with Crippen LogP contribution >= 0.6 is 0 Å². The van der Waals surface area contributed by atoms with E-state index in [0.717, 1.165) is 0 Å². The van der Waals surface area contributed by atoms with E-state index in [1.165, 1.54) is 6.07 Å². The van der Waals surface area contributed by atoms with E-state index >= 15 is 0 Å². The summed E-state index contributed by atoms with van der Waals surface area (Å²) in [5.41, 5.74) is -2.65. The second kappa shape index (κ2) is 7.89. The molecule has 1 aliphatic rings. The molecule has 0 spiro atoms. The number of hydrogen-bond acceptors (Lipinski definition) is 5. The first-order valence-corrected chi connectivity index (χ1v) is 10.2. The van der Waals surface area contributed by atoms with Gasteiger partial charge in [-0.05, 0) is 59.7 Å². The zero-order chi connectivity index (χ0) is 23.0. The maximum Gasteiger partial charge on any atom is 0.267 e. The Balaban J connectivity index is 2.22. The lowest BCUT2D eigenvalue weighted by atomic mass is 9.87. The van der Waals surface area contributed by atoms with Crippen molar-refractivity contribution in [2.45, 2.75) is 64.5 Å². The molecule has 7 heteroatoms. The third-order valence-corrected chi connectivity index (χ3v) is 4.59. The number of fused-ring (bicyclic) bond motifs is 1. The number of benzene rings is 2. The largest absolute Gasteiger partial charge is 0.507 e. The maximum absolute atomic E-state index is 13.7. The molecule has 0 radical (unpaired) electrons. The number of nitrogens with one attached hydrogen (secondary N) is 2. The normalized spacial score (nSPS) is 17.8. The van der Waals surface area contributed by atoms with E-state index in [1.807, 2.05) is 41.5 Å². The molecule has 0 saturated carbocycles. The number of para-hydroxylation sites is 2. The van der Waals surface area contributed by atoms with Crippen LogP contribution in [0, 0.1) is 0 Å². The molecule has 0 bridgehead atoms. The van der Waals surface area contributed by atoms with Gasteiger partial charge in [-0.1, -0.05) is 30.3 Å². The Morgan fingerprint density at radius 2 is 1.39 bits per heavy atom. The molecule has 1 heterocycles. The third-order valence-electron chi connectivity index (χ3n) is 4.59. The highest BCUT2D eigenvalue weighted by atomic mass is 16.7. The number of phenols is 1. The van der Waals surface area contributed by atoms with Gasteiger partial charge in [-0.3, -0.25) is 9.59 Å². The van der Waals surface area contributed by atoms with Crippen LogP contribution in [0.1, 0.15) is 59.0 Å². The van der Waals surface area contributed by atoms with Crippen molar-refractivity contribution in [3.05, 3.63) is 59.7 Å². The molecule has 3 rings (SSSR count). The Labute approximate surface area is 182 Å². The Morgan fingerprint density at radius 3 is 1.94 bits per heavy atom. The fourth-order valence-corrected chi connectivity index (χ4v) is 3.35. The Kier molecular flexibility index (Phi) is 5.76. The molecule has 2 amide bonds. The number of carbonyl (C=O) groups excluding carboxylic acids is 2. The van der Waals surface area contributed by atoms with E-state index in [4.69, 9.17) is 9.47 Å². The van der Waals surface area contributed by atoms with Gasteiger partial charge in [0.2, 0.25) is 6.29 Å². The molecule has 1 aliphatic heterocycles. The second-order valence-corrected chi connectivity index (χ2v) is 9.71. The zero-order valence-electron chi connectivity index (χ0n) is 18.8. The van der Waals surface area contributed by atoms with Gasteiger partial charge in [0.1, 0.15) is 11.5 Å². The van der Waals surface area contributed by atoms with Crippen LogP contribution in [0.4, 0.5) is 0 Å². The predicted molar refractivity (Wildman–Crippen MR) is 116 cm³/mol. The topological polar surface area (TPSA) is 96.9 Å². The molecule has 1 unspecified atom stereocenters. The molecule has 3 N–H and O–H groups in total. The van der Waals surface area contributed by atoms with Gasteiger partial charge in [0.15, 0.2) is 0 Å². The van der Waals surface area contributed by atoms with Crippen LogP contribution in [0.5, 0.6) is 11.5 Å². The molecule has 0 aliphatic carbocycles. The van der Waals surface area contributed by atoms with Gasteiger partial charge < -0.3 is 25.2 Å². The quantitative estimate of drug-likeness (QED) is 0.653. The Morgan fingerprint density at radius 1 is 0.871 bits per heavy atom. The van der Waals surface area contributed by atoms with Crippen molar-refractivity contribution in [2.75, 3.05) is 0 Å². The van der Waals surface area contributed by atoms with Gasteiger partial charge in [-0.2, -0.15) is 0 Å². The summed E-state index contributed by atoms with van der Waals surface area (Å²) in [4.78, 5) is 27.3. The van der Waals surface area contributed by atoms with Crippen molar-refractivity contribution in [1.82, 2.24) is 10.6 Å². The van der Waals surface area contributed by atoms with Crippen LogP contribution in [0.25, 0.3) is 0 Å². The number of aromatic hydroxyl groups is 1. The van der Waals surface area contributed by atoms with Crippen molar-refractivity contribution < 1.29 is 24.2 Å². The van der Waals surface area contributed by atoms with Crippen molar-refractivity contribution >= 4 is 11.8 Å². The van der Waals surface area contributed by atoms with E-state index in [1.54, 1.807) is 42.5 Å². The van der Waals surface area contributed by atoms with E-state index in [9.17, 15) is 14.7 Å². The van der Waals surface area contributed by atoms with Crippen molar-refractivity contribution in [3.8, 4) is 11.5 Å². The van der Waals surface area contributed by atoms with Gasteiger partial charge >= 0.3 is 0 Å². The summed E-state index contributed by atoms with van der Waals surface area (Å²) in [7, 11) is 0. The minimum atomic E-state index is -2.03. The number of phenolic OH excluding ortho intramolecular Hbond substituents is 1. The molecule has 2 aromatic rings. The van der Waals surface area contributed by atoms with Gasteiger partial charge in [-0.15, -0.1) is 0 Å². The number of ether oxygens (including phenoxy) is 2. The SMILES string of the molecule is CC(C)(C)NC(=O)C1(C(=O)NC(C)(C)C)OC(c2ccccc2O)Oc2ccccc21. The van der Waals surface area contributed by atoms with Crippen molar-refractivity contribution in [1.29, 1.82) is 0 Å². The van der Waals surface area contributed by atoms with Gasteiger partial charge in [0.05, 0.1) is 5.56 Å². The third kappa shape index (κ3) is 4.66. The lowest BCUT2D eigenvalue weighted by molar-refractivity contribution is -0.209. The average Bonchev–Trinajstić information content (AvgIpc) is 2.64. The monoisotopic (exact) mass is 426 g/mol. The first kappa shape index (κ1) is 22.6. The lowest BCUT2D eigenvalue weighted by Gasteiger charge is -2.42. The van der Waals surface area contributed by atoms with Crippen molar-refractivity contribution in [2.24, 2.45) is 0 Å². The molecule has 2 aromatic carbocycles. The molecule has 0 saturated heterocycles. The van der Waals surface area contributed by atoms with Crippen LogP contribution in [-0.4, -0.2) is 28.0 Å². The zero-order valence-corrected chi connectivity index (χ0v) is 18.8. The van der Waals surface area contributed by atoms with Crippen LogP contribution in [-0.2, 0) is 19.9 Å². The summed E-state index contributed by atoms with van der Waals surface area (Å²) in [6, 6.07) is 13.3. The minimum Gasteiger partial charge on any atom is -0.507 e. The molecular formula is C24H30N2O5.